The molecule has 0 aliphatic carbocycles. The number of hydrogen-bond donors (Lipinski definition) is 0. The first-order valence-corrected chi connectivity index (χ1v) is 8.43. The highest BCUT2D eigenvalue weighted by Crippen LogP contribution is 2.32. The van der Waals surface area contributed by atoms with Crippen molar-refractivity contribution < 1.29 is 17.6 Å². The smallest absolute Gasteiger partial charge is 0.159 e. The molecule has 0 N–H and O–H groups in total. The fraction of sp³-hybridized carbons (Fsp3) is 0.111. The molecule has 2 aromatic carbocycles. The van der Waals surface area contributed by atoms with E-state index in [0.29, 0.717) is 0 Å². The third-order valence-corrected chi connectivity index (χ3v) is 4.72. The van der Waals surface area contributed by atoms with E-state index in [1.54, 1.807) is 12.4 Å². The number of hydrogen-bond acceptors (Lipinski definition) is 2. The van der Waals surface area contributed by atoms with Gasteiger partial charge in [0.1, 0.15) is 23.3 Å². The molecule has 0 amide bonds. The Balaban J connectivity index is 2.09. The molecule has 0 radical (unpaired) electrons. The zero-order chi connectivity index (χ0) is 18.1. The number of rotatable bonds is 3. The van der Waals surface area contributed by atoms with Crippen LogP contribution in [-0.4, -0.2) is 9.97 Å². The van der Waals surface area contributed by atoms with E-state index in [9.17, 15) is 17.6 Å². The molecule has 1 aromatic heterocycles. The van der Waals surface area contributed by atoms with Crippen LogP contribution in [0.4, 0.5) is 17.6 Å². The molecule has 3 aromatic rings. The normalized spacial score (nSPS) is 11.0. The summed E-state index contributed by atoms with van der Waals surface area (Å²) in [6.07, 6.45) is 3.90. The van der Waals surface area contributed by atoms with Crippen LogP contribution in [0, 0.1) is 26.8 Å². The predicted molar refractivity (Wildman–Crippen MR) is 94.8 cm³/mol. The summed E-state index contributed by atoms with van der Waals surface area (Å²) in [5, 5.41) is 0. The Hall–Kier alpha value is -2.03. The lowest BCUT2D eigenvalue weighted by Crippen LogP contribution is -1.98. The Morgan fingerprint density at radius 3 is 1.76 bits per heavy atom. The van der Waals surface area contributed by atoms with E-state index < -0.39 is 28.8 Å². The standard InChI is InChI=1S/C18H11F4IN2/c1-2-9-7-24-18(25-8-9)11-5-12(19)16(13(20)6-11)10-3-14(21)17(23)15(22)4-10/h3-8H,2H2,1H3. The lowest BCUT2D eigenvalue weighted by atomic mass is 10.0. The van der Waals surface area contributed by atoms with E-state index in [2.05, 4.69) is 9.97 Å². The zero-order valence-corrected chi connectivity index (χ0v) is 15.1. The molecule has 0 atom stereocenters. The quantitative estimate of drug-likeness (QED) is 0.293. The molecule has 0 aliphatic rings. The SMILES string of the molecule is CCc1cnc(-c2cc(F)c(-c3cc(F)c(I)c(F)c3)c(F)c2)nc1. The molecule has 0 aliphatic heterocycles. The fourth-order valence-corrected chi connectivity index (χ4v) is 2.68. The van der Waals surface area contributed by atoms with Gasteiger partial charge in [-0.25, -0.2) is 27.5 Å². The molecule has 0 bridgehead atoms. The van der Waals surface area contributed by atoms with Crippen molar-refractivity contribution in [2.75, 3.05) is 0 Å². The molecule has 0 unspecified atom stereocenters. The summed E-state index contributed by atoms with van der Waals surface area (Å²) < 4.78 is 56.1. The van der Waals surface area contributed by atoms with Crippen molar-refractivity contribution in [1.29, 1.82) is 0 Å². The van der Waals surface area contributed by atoms with Gasteiger partial charge in [-0.2, -0.15) is 0 Å². The van der Waals surface area contributed by atoms with Gasteiger partial charge < -0.3 is 0 Å². The van der Waals surface area contributed by atoms with Crippen LogP contribution in [0.25, 0.3) is 22.5 Å². The summed E-state index contributed by atoms with van der Waals surface area (Å²) in [5.74, 6) is -3.48. The molecular formula is C18H11F4IN2. The summed E-state index contributed by atoms with van der Waals surface area (Å²) in [5.41, 5.74) is 0.335. The van der Waals surface area contributed by atoms with Crippen molar-refractivity contribution >= 4 is 22.6 Å². The Bertz CT molecular complexity index is 896. The first kappa shape index (κ1) is 17.8. The minimum absolute atomic E-state index is 0.146. The van der Waals surface area contributed by atoms with Crippen molar-refractivity contribution in [1.82, 2.24) is 9.97 Å². The Kier molecular flexibility index (Phi) is 5.03. The molecule has 1 heterocycles. The lowest BCUT2D eigenvalue weighted by Gasteiger charge is -2.09. The van der Waals surface area contributed by atoms with Crippen LogP contribution in [0.5, 0.6) is 0 Å². The van der Waals surface area contributed by atoms with Gasteiger partial charge in [-0.15, -0.1) is 0 Å². The van der Waals surface area contributed by atoms with Crippen molar-refractivity contribution in [3.8, 4) is 22.5 Å². The zero-order valence-electron chi connectivity index (χ0n) is 13.0. The van der Waals surface area contributed by atoms with E-state index in [4.69, 9.17) is 0 Å². The molecule has 25 heavy (non-hydrogen) atoms. The predicted octanol–water partition coefficient (Wildman–Crippen LogP) is 5.53. The number of aromatic nitrogens is 2. The van der Waals surface area contributed by atoms with Gasteiger partial charge in [0, 0.05) is 18.0 Å². The number of aryl methyl sites for hydroxylation is 1. The maximum Gasteiger partial charge on any atom is 0.159 e. The molecule has 0 saturated heterocycles. The summed E-state index contributed by atoms with van der Waals surface area (Å²) >= 11 is 1.49. The maximum absolute atomic E-state index is 14.4. The van der Waals surface area contributed by atoms with Crippen LogP contribution >= 0.6 is 22.6 Å². The van der Waals surface area contributed by atoms with Gasteiger partial charge in [0.2, 0.25) is 0 Å². The number of halogens is 5. The molecule has 128 valence electrons. The average Bonchev–Trinajstić information content (AvgIpc) is 2.59. The second-order valence-electron chi connectivity index (χ2n) is 5.34. The van der Waals surface area contributed by atoms with Gasteiger partial charge >= 0.3 is 0 Å². The Morgan fingerprint density at radius 1 is 0.800 bits per heavy atom. The summed E-state index contributed by atoms with van der Waals surface area (Å²) in [6.45, 7) is 1.94. The minimum Gasteiger partial charge on any atom is -0.236 e. The monoisotopic (exact) mass is 458 g/mol. The molecular weight excluding hydrogens is 447 g/mol. The number of nitrogens with zero attached hydrogens (tertiary/aromatic N) is 2. The molecule has 0 fully saturated rings. The summed E-state index contributed by atoms with van der Waals surface area (Å²) in [4.78, 5) is 8.16. The van der Waals surface area contributed by atoms with E-state index in [1.807, 2.05) is 6.92 Å². The van der Waals surface area contributed by atoms with Gasteiger partial charge in [0.15, 0.2) is 5.82 Å². The van der Waals surface area contributed by atoms with E-state index >= 15 is 0 Å². The van der Waals surface area contributed by atoms with E-state index in [0.717, 1.165) is 36.2 Å². The van der Waals surface area contributed by atoms with Crippen LogP contribution in [0.1, 0.15) is 12.5 Å². The first-order chi connectivity index (χ1) is 11.9. The van der Waals surface area contributed by atoms with Gasteiger partial charge in [-0.05, 0) is 64.4 Å². The van der Waals surface area contributed by atoms with Crippen molar-refractivity contribution in [3.63, 3.8) is 0 Å². The molecule has 7 heteroatoms. The maximum atomic E-state index is 14.4. The Labute approximate surface area is 155 Å². The van der Waals surface area contributed by atoms with Crippen LogP contribution in [0.3, 0.4) is 0 Å². The lowest BCUT2D eigenvalue weighted by molar-refractivity contribution is 0.568. The van der Waals surface area contributed by atoms with Crippen LogP contribution in [0.15, 0.2) is 36.7 Å². The third kappa shape index (κ3) is 3.51. The van der Waals surface area contributed by atoms with Gasteiger partial charge in [0.05, 0.1) is 9.13 Å². The molecule has 0 spiro atoms. The molecule has 0 saturated carbocycles. The number of benzene rings is 2. The molecule has 3 rings (SSSR count). The van der Waals surface area contributed by atoms with Crippen molar-refractivity contribution in [2.24, 2.45) is 0 Å². The highest BCUT2D eigenvalue weighted by Gasteiger charge is 2.18. The van der Waals surface area contributed by atoms with Crippen LogP contribution in [-0.2, 0) is 6.42 Å². The van der Waals surface area contributed by atoms with Crippen molar-refractivity contribution in [2.45, 2.75) is 13.3 Å². The topological polar surface area (TPSA) is 25.8 Å². The van der Waals surface area contributed by atoms with Gasteiger partial charge in [0.25, 0.3) is 0 Å². The fourth-order valence-electron chi connectivity index (χ4n) is 2.36. The van der Waals surface area contributed by atoms with E-state index in [1.165, 1.54) is 22.6 Å². The van der Waals surface area contributed by atoms with Gasteiger partial charge in [-0.1, -0.05) is 6.92 Å². The minimum atomic E-state index is -0.946. The average molecular weight is 458 g/mol. The highest BCUT2D eigenvalue weighted by atomic mass is 127. The Morgan fingerprint density at radius 2 is 1.28 bits per heavy atom. The highest BCUT2D eigenvalue weighted by molar-refractivity contribution is 14.1. The second kappa shape index (κ2) is 7.07. The third-order valence-electron chi connectivity index (χ3n) is 3.69. The van der Waals surface area contributed by atoms with Crippen LogP contribution in [0.2, 0.25) is 0 Å². The van der Waals surface area contributed by atoms with Crippen LogP contribution < -0.4 is 0 Å². The molecule has 2 nitrogen and oxygen atoms in total. The van der Waals surface area contributed by atoms with E-state index in [-0.39, 0.29) is 20.5 Å². The largest absolute Gasteiger partial charge is 0.236 e. The second-order valence-corrected chi connectivity index (χ2v) is 6.42. The first-order valence-electron chi connectivity index (χ1n) is 7.36. The van der Waals surface area contributed by atoms with Gasteiger partial charge in [-0.3, -0.25) is 0 Å². The van der Waals surface area contributed by atoms with Crippen molar-refractivity contribution in [3.05, 3.63) is 69.1 Å². The summed E-state index contributed by atoms with van der Waals surface area (Å²) in [7, 11) is 0. The summed E-state index contributed by atoms with van der Waals surface area (Å²) in [6, 6.07) is 3.90.